The van der Waals surface area contributed by atoms with Crippen molar-refractivity contribution in [2.24, 2.45) is 11.8 Å². The van der Waals surface area contributed by atoms with E-state index in [1.54, 1.807) is 0 Å². The van der Waals surface area contributed by atoms with Gasteiger partial charge < -0.3 is 25.6 Å². The number of ether oxygens (including phenoxy) is 1. The van der Waals surface area contributed by atoms with Gasteiger partial charge in [-0.3, -0.25) is 14.7 Å². The Morgan fingerprint density at radius 1 is 0.912 bits per heavy atom. The normalized spacial score (nSPS) is 35.8. The summed E-state index contributed by atoms with van der Waals surface area (Å²) in [6, 6.07) is 0.642. The minimum atomic E-state index is 0.640. The van der Waals surface area contributed by atoms with Gasteiger partial charge in [-0.25, -0.2) is 0 Å². The van der Waals surface area contributed by atoms with Gasteiger partial charge in [0.15, 0.2) is 5.11 Å². The average molecular weight is 494 g/mol. The Balaban J connectivity index is 0.975. The Hall–Kier alpha value is -0.550. The largest absolute Gasteiger partial charge is 0.379 e. The molecule has 6 aliphatic heterocycles. The zero-order valence-corrected chi connectivity index (χ0v) is 21.9. The van der Waals surface area contributed by atoms with Crippen molar-refractivity contribution in [1.82, 2.24) is 35.6 Å². The van der Waals surface area contributed by atoms with Crippen LogP contribution in [-0.2, 0) is 4.74 Å². The van der Waals surface area contributed by atoms with Crippen LogP contribution in [0.3, 0.4) is 0 Å². The molecule has 2 unspecified atom stereocenters. The van der Waals surface area contributed by atoms with Crippen molar-refractivity contribution in [3.05, 3.63) is 0 Å². The van der Waals surface area contributed by atoms with Crippen molar-refractivity contribution >= 4 is 17.3 Å². The monoisotopic (exact) mass is 493 g/mol. The molecular formula is C25H47N7OS. The van der Waals surface area contributed by atoms with E-state index in [2.05, 4.69) is 35.6 Å². The fraction of sp³-hybridized carbons (Fsp3) is 0.960. The second-order valence-corrected chi connectivity index (χ2v) is 11.5. The highest BCUT2D eigenvalue weighted by Crippen LogP contribution is 2.36. The van der Waals surface area contributed by atoms with E-state index in [0.29, 0.717) is 12.2 Å². The van der Waals surface area contributed by atoms with Crippen molar-refractivity contribution in [3.8, 4) is 0 Å². The zero-order chi connectivity index (χ0) is 23.2. The number of thiocarbonyl (C=S) groups is 1. The average Bonchev–Trinajstić information content (AvgIpc) is 2.90. The molecule has 0 aromatic heterocycles. The van der Waals surface area contributed by atoms with E-state index in [-0.39, 0.29) is 0 Å². The lowest BCUT2D eigenvalue weighted by molar-refractivity contribution is -0.0201. The molecule has 9 heteroatoms. The van der Waals surface area contributed by atoms with Crippen molar-refractivity contribution in [1.29, 1.82) is 0 Å². The van der Waals surface area contributed by atoms with Crippen molar-refractivity contribution in [2.45, 2.75) is 44.3 Å². The number of hydrogen-bond donors (Lipinski definition) is 3. The maximum absolute atomic E-state index is 5.56. The van der Waals surface area contributed by atoms with E-state index in [9.17, 15) is 0 Å². The molecule has 5 atom stereocenters. The Morgan fingerprint density at radius 2 is 1.76 bits per heavy atom. The summed E-state index contributed by atoms with van der Waals surface area (Å²) in [7, 11) is 0. The Bertz CT molecular complexity index is 635. The topological polar surface area (TPSA) is 58.3 Å². The van der Waals surface area contributed by atoms with Gasteiger partial charge in [0.2, 0.25) is 0 Å². The third kappa shape index (κ3) is 6.81. The standard InChI is InChI=1S/C25H47N7OS/c34-25(27-6-8-29-13-15-33-16-14-29)28-18-23-17-21-4-7-32(23)20-22(21)19-30-9-11-31(12-10-30)24-3-1-2-5-26-24/h21-24,26H,1-20H2,(H2,27,28,34)/t21-,22+,23+,24?/m0/s1. The van der Waals surface area contributed by atoms with Gasteiger partial charge in [-0.05, 0) is 69.2 Å². The number of piperidine rings is 4. The first-order valence-corrected chi connectivity index (χ1v) is 14.4. The van der Waals surface area contributed by atoms with Gasteiger partial charge in [-0.15, -0.1) is 0 Å². The third-order valence-corrected chi connectivity index (χ3v) is 9.24. The van der Waals surface area contributed by atoms with Gasteiger partial charge in [0.05, 0.1) is 19.4 Å². The van der Waals surface area contributed by atoms with Crippen LogP contribution in [0.2, 0.25) is 0 Å². The van der Waals surface area contributed by atoms with Gasteiger partial charge in [-0.1, -0.05) is 0 Å². The fourth-order valence-electron chi connectivity index (χ4n) is 6.83. The summed E-state index contributed by atoms with van der Waals surface area (Å²) < 4.78 is 5.42. The highest BCUT2D eigenvalue weighted by Gasteiger charge is 2.40. The minimum Gasteiger partial charge on any atom is -0.379 e. The van der Waals surface area contributed by atoms with Gasteiger partial charge in [0.25, 0.3) is 0 Å². The maximum atomic E-state index is 5.56. The summed E-state index contributed by atoms with van der Waals surface area (Å²) in [5.74, 6) is 1.74. The molecule has 6 fully saturated rings. The molecule has 0 aromatic carbocycles. The molecule has 0 aliphatic carbocycles. The van der Waals surface area contributed by atoms with Crippen LogP contribution >= 0.6 is 12.2 Å². The van der Waals surface area contributed by atoms with Crippen molar-refractivity contribution in [3.63, 3.8) is 0 Å². The first-order chi connectivity index (χ1) is 16.7. The summed E-state index contributed by atoms with van der Waals surface area (Å²) in [5.41, 5.74) is 0. The molecule has 6 saturated heterocycles. The molecule has 2 bridgehead atoms. The molecular weight excluding hydrogens is 446 g/mol. The SMILES string of the molecule is S=C(NCCN1CCOCC1)NC[C@H]1C[C@@H]2CCN1C[C@H]2CN1CCN(C2CCCCN2)CC1. The molecule has 34 heavy (non-hydrogen) atoms. The van der Waals surface area contributed by atoms with Crippen LogP contribution in [-0.4, -0.2) is 135 Å². The van der Waals surface area contributed by atoms with Crippen molar-refractivity contribution < 1.29 is 4.74 Å². The van der Waals surface area contributed by atoms with Crippen LogP contribution < -0.4 is 16.0 Å². The Morgan fingerprint density at radius 3 is 2.50 bits per heavy atom. The second-order valence-electron chi connectivity index (χ2n) is 11.1. The lowest BCUT2D eigenvalue weighted by atomic mass is 9.75. The minimum absolute atomic E-state index is 0.640. The quantitative estimate of drug-likeness (QED) is 0.412. The molecule has 8 nitrogen and oxygen atoms in total. The molecule has 0 saturated carbocycles. The number of fused-ring (bicyclic) bond motifs is 3. The van der Waals surface area contributed by atoms with Crippen LogP contribution in [0.5, 0.6) is 0 Å². The maximum Gasteiger partial charge on any atom is 0.166 e. The van der Waals surface area contributed by atoms with Gasteiger partial charge >= 0.3 is 0 Å². The summed E-state index contributed by atoms with van der Waals surface area (Å²) in [6.45, 7) is 16.7. The second kappa shape index (κ2) is 12.6. The number of rotatable bonds is 8. The first kappa shape index (κ1) is 25.1. The predicted molar refractivity (Wildman–Crippen MR) is 141 cm³/mol. The number of piperazine rings is 1. The molecule has 6 heterocycles. The van der Waals surface area contributed by atoms with Crippen LogP contribution in [0, 0.1) is 11.8 Å². The summed E-state index contributed by atoms with van der Waals surface area (Å²) >= 11 is 5.56. The molecule has 6 rings (SSSR count). The molecule has 0 aromatic rings. The zero-order valence-electron chi connectivity index (χ0n) is 21.1. The number of hydrogen-bond acceptors (Lipinski definition) is 7. The number of morpholine rings is 1. The van der Waals surface area contributed by atoms with Crippen LogP contribution in [0.1, 0.15) is 32.1 Å². The molecule has 6 aliphatic rings. The first-order valence-electron chi connectivity index (χ1n) is 14.0. The Kier molecular flexibility index (Phi) is 9.31. The summed E-state index contributed by atoms with van der Waals surface area (Å²) in [5, 5.41) is 11.5. The van der Waals surface area contributed by atoms with E-state index >= 15 is 0 Å². The highest BCUT2D eigenvalue weighted by atomic mass is 32.1. The van der Waals surface area contributed by atoms with E-state index in [1.807, 2.05) is 0 Å². The van der Waals surface area contributed by atoms with Crippen LogP contribution in [0.15, 0.2) is 0 Å². The molecule has 0 spiro atoms. The fourth-order valence-corrected chi connectivity index (χ4v) is 7.01. The van der Waals surface area contributed by atoms with E-state index < -0.39 is 0 Å². The Labute approximate surface area is 212 Å². The van der Waals surface area contributed by atoms with Crippen LogP contribution in [0.25, 0.3) is 0 Å². The van der Waals surface area contributed by atoms with E-state index in [4.69, 9.17) is 17.0 Å². The molecule has 194 valence electrons. The van der Waals surface area contributed by atoms with Crippen molar-refractivity contribution in [2.75, 3.05) is 98.3 Å². The van der Waals surface area contributed by atoms with Gasteiger partial charge in [-0.2, -0.15) is 0 Å². The molecule has 0 radical (unpaired) electrons. The lowest BCUT2D eigenvalue weighted by Gasteiger charge is -2.51. The number of nitrogens with zero attached hydrogens (tertiary/aromatic N) is 4. The van der Waals surface area contributed by atoms with E-state index in [1.165, 1.54) is 84.5 Å². The summed E-state index contributed by atoms with van der Waals surface area (Å²) in [6.07, 6.45) is 7.44. The smallest absolute Gasteiger partial charge is 0.166 e. The number of nitrogens with one attached hydrogen (secondary N) is 3. The van der Waals surface area contributed by atoms with Gasteiger partial charge in [0, 0.05) is 78.0 Å². The third-order valence-electron chi connectivity index (χ3n) is 8.95. The highest BCUT2D eigenvalue weighted by molar-refractivity contribution is 7.80. The summed E-state index contributed by atoms with van der Waals surface area (Å²) in [4.78, 5) is 10.6. The van der Waals surface area contributed by atoms with E-state index in [0.717, 1.165) is 62.9 Å². The predicted octanol–water partition coefficient (Wildman–Crippen LogP) is 0.210. The molecule has 3 N–H and O–H groups in total. The molecule has 0 amide bonds. The van der Waals surface area contributed by atoms with Crippen LogP contribution in [0.4, 0.5) is 0 Å². The van der Waals surface area contributed by atoms with Gasteiger partial charge in [0.1, 0.15) is 0 Å². The lowest BCUT2D eigenvalue weighted by Crippen LogP contribution is -2.60.